The number of hydrogen-bond donors (Lipinski definition) is 2. The average molecular weight is 284 g/mol. The molecule has 0 aromatic heterocycles. The van der Waals surface area contributed by atoms with Crippen molar-refractivity contribution in [2.45, 2.75) is 13.8 Å². The summed E-state index contributed by atoms with van der Waals surface area (Å²) in [7, 11) is 0. The van der Waals surface area contributed by atoms with Crippen molar-refractivity contribution in [3.8, 4) is 11.5 Å². The van der Waals surface area contributed by atoms with Gasteiger partial charge in [-0.15, -0.1) is 0 Å². The molecular weight excluding hydrogens is 268 g/mol. The first kappa shape index (κ1) is 13.3. The third kappa shape index (κ3) is 2.50. The predicted octanol–water partition coefficient (Wildman–Crippen LogP) is 2.87. The van der Waals surface area contributed by atoms with Gasteiger partial charge in [-0.1, -0.05) is 6.07 Å². The number of nitrogen functional groups attached to an aromatic ring is 1. The Bertz CT molecular complexity index is 702. The molecule has 21 heavy (non-hydrogen) atoms. The highest BCUT2D eigenvalue weighted by Crippen LogP contribution is 2.33. The van der Waals surface area contributed by atoms with Crippen molar-refractivity contribution < 1.29 is 14.3 Å². The molecule has 5 heteroatoms. The highest BCUT2D eigenvalue weighted by Gasteiger charge is 2.17. The number of nitrogens with one attached hydrogen (secondary N) is 1. The maximum absolute atomic E-state index is 12.3. The van der Waals surface area contributed by atoms with E-state index in [1.807, 2.05) is 26.0 Å². The molecule has 0 radical (unpaired) electrons. The molecule has 1 aliphatic heterocycles. The molecule has 3 N–H and O–H groups in total. The Hall–Kier alpha value is -2.69. The molecule has 0 aliphatic carbocycles. The van der Waals surface area contributed by atoms with E-state index in [2.05, 4.69) is 5.32 Å². The summed E-state index contributed by atoms with van der Waals surface area (Å²) < 4.78 is 10.5. The fourth-order valence-corrected chi connectivity index (χ4v) is 2.39. The van der Waals surface area contributed by atoms with Crippen LogP contribution in [0.25, 0.3) is 0 Å². The van der Waals surface area contributed by atoms with Crippen molar-refractivity contribution in [1.29, 1.82) is 0 Å². The van der Waals surface area contributed by atoms with Crippen LogP contribution in [0.3, 0.4) is 0 Å². The number of nitrogens with two attached hydrogens (primary N) is 1. The summed E-state index contributed by atoms with van der Waals surface area (Å²) in [4.78, 5) is 12.3. The molecule has 2 aromatic carbocycles. The van der Waals surface area contributed by atoms with Gasteiger partial charge in [-0.25, -0.2) is 0 Å². The minimum atomic E-state index is -0.230. The Morgan fingerprint density at radius 3 is 2.67 bits per heavy atom. The largest absolute Gasteiger partial charge is 0.454 e. The van der Waals surface area contributed by atoms with Crippen molar-refractivity contribution in [2.75, 3.05) is 17.8 Å². The van der Waals surface area contributed by atoms with Crippen LogP contribution in [0.1, 0.15) is 21.5 Å². The van der Waals surface area contributed by atoms with Gasteiger partial charge in [0, 0.05) is 5.56 Å². The van der Waals surface area contributed by atoms with Crippen LogP contribution in [0.5, 0.6) is 11.5 Å². The molecule has 0 fully saturated rings. The molecule has 1 aliphatic rings. The number of hydrogen-bond acceptors (Lipinski definition) is 4. The van der Waals surface area contributed by atoms with Gasteiger partial charge in [-0.05, 0) is 49.2 Å². The van der Waals surface area contributed by atoms with E-state index in [0.717, 1.165) is 11.1 Å². The van der Waals surface area contributed by atoms with Gasteiger partial charge in [0.05, 0.1) is 11.4 Å². The van der Waals surface area contributed by atoms with Crippen molar-refractivity contribution >= 4 is 17.3 Å². The maximum Gasteiger partial charge on any atom is 0.255 e. The van der Waals surface area contributed by atoms with Gasteiger partial charge in [-0.2, -0.15) is 0 Å². The monoisotopic (exact) mass is 284 g/mol. The number of aryl methyl sites for hydroxylation is 2. The summed E-state index contributed by atoms with van der Waals surface area (Å²) in [6.45, 7) is 4.07. The average Bonchev–Trinajstić information content (AvgIpc) is 2.89. The molecule has 3 rings (SSSR count). The lowest BCUT2D eigenvalue weighted by atomic mass is 10.1. The topological polar surface area (TPSA) is 73.6 Å². The molecule has 2 aromatic rings. The Kier molecular flexibility index (Phi) is 3.17. The van der Waals surface area contributed by atoms with Crippen LogP contribution >= 0.6 is 0 Å². The summed E-state index contributed by atoms with van der Waals surface area (Å²) >= 11 is 0. The van der Waals surface area contributed by atoms with Crippen LogP contribution in [-0.4, -0.2) is 12.7 Å². The van der Waals surface area contributed by atoms with E-state index < -0.39 is 0 Å². The number of carbonyl (C=O) groups is 1. The van der Waals surface area contributed by atoms with Crippen molar-refractivity contribution in [3.63, 3.8) is 0 Å². The first-order valence-electron chi connectivity index (χ1n) is 6.62. The van der Waals surface area contributed by atoms with E-state index in [1.165, 1.54) is 0 Å². The lowest BCUT2D eigenvalue weighted by molar-refractivity contribution is 0.102. The first-order valence-corrected chi connectivity index (χ1v) is 6.62. The van der Waals surface area contributed by atoms with E-state index in [0.29, 0.717) is 28.4 Å². The van der Waals surface area contributed by atoms with Crippen LogP contribution in [0.15, 0.2) is 30.3 Å². The third-order valence-electron chi connectivity index (χ3n) is 3.38. The van der Waals surface area contributed by atoms with E-state index in [-0.39, 0.29) is 12.7 Å². The molecule has 0 unspecified atom stereocenters. The van der Waals surface area contributed by atoms with Crippen LogP contribution in [0.4, 0.5) is 11.4 Å². The number of ether oxygens (including phenoxy) is 2. The second-order valence-electron chi connectivity index (χ2n) is 5.07. The SMILES string of the molecule is Cc1cc(C)c(NC(=O)c2ccc3c(c2)OCO3)c(N)c1. The summed E-state index contributed by atoms with van der Waals surface area (Å²) in [5, 5.41) is 2.85. The number of carbonyl (C=O) groups excluding carboxylic acids is 1. The summed E-state index contributed by atoms with van der Waals surface area (Å²) in [5.74, 6) is 1.00. The van der Waals surface area contributed by atoms with Crippen LogP contribution in [0, 0.1) is 13.8 Å². The smallest absolute Gasteiger partial charge is 0.255 e. The van der Waals surface area contributed by atoms with Gasteiger partial charge < -0.3 is 20.5 Å². The maximum atomic E-state index is 12.3. The van der Waals surface area contributed by atoms with Crippen LogP contribution in [-0.2, 0) is 0 Å². The standard InChI is InChI=1S/C16H16N2O3/c1-9-5-10(2)15(12(17)6-9)18-16(19)11-3-4-13-14(7-11)21-8-20-13/h3-7H,8,17H2,1-2H3,(H,18,19). The number of amides is 1. The number of fused-ring (bicyclic) bond motifs is 1. The quantitative estimate of drug-likeness (QED) is 0.832. The molecule has 1 amide bonds. The minimum Gasteiger partial charge on any atom is -0.454 e. The predicted molar refractivity (Wildman–Crippen MR) is 80.8 cm³/mol. The van der Waals surface area contributed by atoms with Crippen molar-refractivity contribution in [2.24, 2.45) is 0 Å². The Balaban J connectivity index is 1.87. The number of benzene rings is 2. The summed E-state index contributed by atoms with van der Waals surface area (Å²) in [5.41, 5.74) is 9.67. The minimum absolute atomic E-state index is 0.185. The molecule has 0 saturated carbocycles. The highest BCUT2D eigenvalue weighted by atomic mass is 16.7. The molecule has 0 bridgehead atoms. The molecule has 0 saturated heterocycles. The fourth-order valence-electron chi connectivity index (χ4n) is 2.39. The number of rotatable bonds is 2. The molecule has 0 spiro atoms. The van der Waals surface area contributed by atoms with Crippen LogP contribution in [0.2, 0.25) is 0 Å². The van der Waals surface area contributed by atoms with E-state index in [4.69, 9.17) is 15.2 Å². The Labute approximate surface area is 122 Å². The zero-order valence-corrected chi connectivity index (χ0v) is 11.9. The van der Waals surface area contributed by atoms with Crippen molar-refractivity contribution in [3.05, 3.63) is 47.0 Å². The molecule has 108 valence electrons. The van der Waals surface area contributed by atoms with Crippen LogP contribution < -0.4 is 20.5 Å². The Morgan fingerprint density at radius 2 is 1.90 bits per heavy atom. The zero-order valence-electron chi connectivity index (χ0n) is 11.9. The fraction of sp³-hybridized carbons (Fsp3) is 0.188. The molecular formula is C16H16N2O3. The molecule has 0 atom stereocenters. The Morgan fingerprint density at radius 1 is 1.14 bits per heavy atom. The van der Waals surface area contributed by atoms with Gasteiger partial charge in [0.1, 0.15) is 0 Å². The van der Waals surface area contributed by atoms with Gasteiger partial charge in [0.15, 0.2) is 11.5 Å². The number of anilines is 2. The van der Waals surface area contributed by atoms with E-state index in [1.54, 1.807) is 18.2 Å². The first-order chi connectivity index (χ1) is 10.0. The highest BCUT2D eigenvalue weighted by molar-refractivity contribution is 6.06. The lowest BCUT2D eigenvalue weighted by Crippen LogP contribution is -2.14. The third-order valence-corrected chi connectivity index (χ3v) is 3.38. The second-order valence-corrected chi connectivity index (χ2v) is 5.07. The van der Waals surface area contributed by atoms with Gasteiger partial charge in [0.2, 0.25) is 6.79 Å². The van der Waals surface area contributed by atoms with E-state index >= 15 is 0 Å². The lowest BCUT2D eigenvalue weighted by Gasteiger charge is -2.12. The normalized spacial score (nSPS) is 12.3. The second kappa shape index (κ2) is 5.01. The van der Waals surface area contributed by atoms with E-state index in [9.17, 15) is 4.79 Å². The van der Waals surface area contributed by atoms with Gasteiger partial charge in [0.25, 0.3) is 5.91 Å². The summed E-state index contributed by atoms with van der Waals surface area (Å²) in [6.07, 6.45) is 0. The zero-order chi connectivity index (χ0) is 15.0. The molecule has 5 nitrogen and oxygen atoms in total. The van der Waals surface area contributed by atoms with Crippen molar-refractivity contribution in [1.82, 2.24) is 0 Å². The van der Waals surface area contributed by atoms with Gasteiger partial charge in [-0.3, -0.25) is 4.79 Å². The molecule has 1 heterocycles. The summed E-state index contributed by atoms with van der Waals surface area (Å²) in [6, 6.07) is 8.90. The van der Waals surface area contributed by atoms with Gasteiger partial charge >= 0.3 is 0 Å².